The number of para-hydroxylation sites is 2. The third-order valence-electron chi connectivity index (χ3n) is 3.90. The highest BCUT2D eigenvalue weighted by Crippen LogP contribution is 2.19. The van der Waals surface area contributed by atoms with Gasteiger partial charge in [-0.3, -0.25) is 4.79 Å². The Kier molecular flexibility index (Phi) is 7.40. The van der Waals surface area contributed by atoms with Gasteiger partial charge in [0, 0.05) is 12.3 Å². The summed E-state index contributed by atoms with van der Waals surface area (Å²) in [6.45, 7) is 4.73. The first-order valence-electron chi connectivity index (χ1n) is 9.05. The molecule has 2 aromatic carbocycles. The standard InChI is InChI=1S/C21H21FN4O2S/c1-2-12-26-19(15-20(27)23-18-11-7-6-10-17(18)22)24-25-21(26)29-14-13-28-16-8-4-3-5-9-16/h2-11H,1,12-15H2,(H,23,27). The normalized spacial score (nSPS) is 10.5. The van der Waals surface area contributed by atoms with Gasteiger partial charge in [-0.05, 0) is 24.3 Å². The Labute approximate surface area is 172 Å². The highest BCUT2D eigenvalue weighted by Gasteiger charge is 2.16. The van der Waals surface area contributed by atoms with Gasteiger partial charge >= 0.3 is 0 Å². The summed E-state index contributed by atoms with van der Waals surface area (Å²) in [5, 5.41) is 11.5. The highest BCUT2D eigenvalue weighted by molar-refractivity contribution is 7.99. The molecule has 0 spiro atoms. The van der Waals surface area contributed by atoms with Crippen molar-refractivity contribution in [2.45, 2.75) is 18.1 Å². The lowest BCUT2D eigenvalue weighted by Crippen LogP contribution is -2.18. The molecule has 0 unspecified atom stereocenters. The summed E-state index contributed by atoms with van der Waals surface area (Å²) >= 11 is 1.49. The predicted octanol–water partition coefficient (Wildman–Crippen LogP) is 3.96. The first-order chi connectivity index (χ1) is 14.2. The molecule has 0 atom stereocenters. The second-order valence-electron chi connectivity index (χ2n) is 6.01. The van der Waals surface area contributed by atoms with Crippen molar-refractivity contribution < 1.29 is 13.9 Å². The van der Waals surface area contributed by atoms with Crippen LogP contribution >= 0.6 is 11.8 Å². The summed E-state index contributed by atoms with van der Waals surface area (Å²) in [5.74, 6) is 1.13. The first kappa shape index (κ1) is 20.6. The second-order valence-corrected chi connectivity index (χ2v) is 7.07. The van der Waals surface area contributed by atoms with Crippen LogP contribution in [0.25, 0.3) is 0 Å². The maximum absolute atomic E-state index is 13.7. The lowest BCUT2D eigenvalue weighted by Gasteiger charge is -2.09. The molecule has 1 amide bonds. The van der Waals surface area contributed by atoms with E-state index in [0.29, 0.717) is 29.9 Å². The molecule has 1 aromatic heterocycles. The molecule has 3 rings (SSSR count). The van der Waals surface area contributed by atoms with Crippen molar-refractivity contribution in [3.63, 3.8) is 0 Å². The van der Waals surface area contributed by atoms with Crippen LogP contribution in [0.3, 0.4) is 0 Å². The molecule has 29 heavy (non-hydrogen) atoms. The molecule has 0 aliphatic carbocycles. The number of carbonyl (C=O) groups is 1. The molecule has 1 N–H and O–H groups in total. The van der Waals surface area contributed by atoms with Gasteiger partial charge in [0.25, 0.3) is 0 Å². The molecule has 8 heteroatoms. The zero-order chi connectivity index (χ0) is 20.5. The number of benzene rings is 2. The van der Waals surface area contributed by atoms with Gasteiger partial charge < -0.3 is 14.6 Å². The van der Waals surface area contributed by atoms with Crippen molar-refractivity contribution in [1.82, 2.24) is 14.8 Å². The smallest absolute Gasteiger partial charge is 0.232 e. The highest BCUT2D eigenvalue weighted by atomic mass is 32.2. The van der Waals surface area contributed by atoms with E-state index in [1.807, 2.05) is 34.9 Å². The SMILES string of the molecule is C=CCn1c(CC(=O)Nc2ccccc2F)nnc1SCCOc1ccccc1. The Bertz CT molecular complexity index is 962. The number of aromatic nitrogens is 3. The lowest BCUT2D eigenvalue weighted by atomic mass is 10.3. The van der Waals surface area contributed by atoms with Crippen LogP contribution in [0.4, 0.5) is 10.1 Å². The van der Waals surface area contributed by atoms with Crippen molar-refractivity contribution in [2.75, 3.05) is 17.7 Å². The number of allylic oxidation sites excluding steroid dienone is 1. The minimum absolute atomic E-state index is 0.0176. The number of carbonyl (C=O) groups excluding carboxylic acids is 1. The van der Waals surface area contributed by atoms with E-state index in [-0.39, 0.29) is 18.0 Å². The number of halogens is 1. The summed E-state index contributed by atoms with van der Waals surface area (Å²) in [4.78, 5) is 12.3. The number of nitrogens with one attached hydrogen (secondary N) is 1. The summed E-state index contributed by atoms with van der Waals surface area (Å²) < 4.78 is 21.2. The Morgan fingerprint density at radius 3 is 2.69 bits per heavy atom. The molecule has 0 bridgehead atoms. The predicted molar refractivity (Wildman–Crippen MR) is 112 cm³/mol. The molecule has 1 heterocycles. The molecule has 0 fully saturated rings. The van der Waals surface area contributed by atoms with Gasteiger partial charge in [-0.25, -0.2) is 4.39 Å². The fraction of sp³-hybridized carbons (Fsp3) is 0.190. The van der Waals surface area contributed by atoms with E-state index < -0.39 is 5.82 Å². The summed E-state index contributed by atoms with van der Waals surface area (Å²) in [7, 11) is 0. The molecule has 6 nitrogen and oxygen atoms in total. The van der Waals surface area contributed by atoms with Crippen molar-refractivity contribution in [2.24, 2.45) is 0 Å². The van der Waals surface area contributed by atoms with Gasteiger partial charge in [0.15, 0.2) is 5.16 Å². The van der Waals surface area contributed by atoms with E-state index in [1.165, 1.54) is 23.9 Å². The van der Waals surface area contributed by atoms with E-state index in [9.17, 15) is 9.18 Å². The van der Waals surface area contributed by atoms with Gasteiger partial charge in [-0.15, -0.1) is 16.8 Å². The van der Waals surface area contributed by atoms with Gasteiger partial charge in [-0.2, -0.15) is 0 Å². The lowest BCUT2D eigenvalue weighted by molar-refractivity contribution is -0.115. The summed E-state index contributed by atoms with van der Waals surface area (Å²) in [6, 6.07) is 15.6. The number of hydrogen-bond donors (Lipinski definition) is 1. The minimum atomic E-state index is -0.483. The average Bonchev–Trinajstić information content (AvgIpc) is 3.09. The van der Waals surface area contributed by atoms with Crippen molar-refractivity contribution in [3.05, 3.63) is 78.9 Å². The zero-order valence-electron chi connectivity index (χ0n) is 15.8. The van der Waals surface area contributed by atoms with Crippen LogP contribution in [0.1, 0.15) is 5.82 Å². The van der Waals surface area contributed by atoms with Gasteiger partial charge in [0.2, 0.25) is 5.91 Å². The van der Waals surface area contributed by atoms with Gasteiger partial charge in [0.1, 0.15) is 17.4 Å². The number of amides is 1. The molecule has 0 saturated heterocycles. The van der Waals surface area contributed by atoms with Crippen LogP contribution in [0.2, 0.25) is 0 Å². The average molecular weight is 412 g/mol. The molecule has 0 saturated carbocycles. The fourth-order valence-corrected chi connectivity index (χ4v) is 3.36. The zero-order valence-corrected chi connectivity index (χ0v) is 16.6. The Hall–Kier alpha value is -3.13. The third-order valence-corrected chi connectivity index (χ3v) is 4.83. The maximum atomic E-state index is 13.7. The maximum Gasteiger partial charge on any atom is 0.232 e. The van der Waals surface area contributed by atoms with Crippen molar-refractivity contribution in [3.8, 4) is 5.75 Å². The largest absolute Gasteiger partial charge is 0.493 e. The molecule has 3 aromatic rings. The van der Waals surface area contributed by atoms with Crippen LogP contribution in [0, 0.1) is 5.82 Å². The molecule has 0 aliphatic heterocycles. The molecule has 150 valence electrons. The Balaban J connectivity index is 1.58. The van der Waals surface area contributed by atoms with Crippen LogP contribution in [-0.2, 0) is 17.8 Å². The van der Waals surface area contributed by atoms with Crippen molar-refractivity contribution in [1.29, 1.82) is 0 Å². The molecule has 0 aliphatic rings. The summed E-state index contributed by atoms with van der Waals surface area (Å²) in [5.41, 5.74) is 0.139. The van der Waals surface area contributed by atoms with Crippen LogP contribution in [-0.4, -0.2) is 33.0 Å². The number of thioether (sulfide) groups is 1. The second kappa shape index (κ2) is 10.4. The molecule has 0 radical (unpaired) electrons. The quantitative estimate of drug-likeness (QED) is 0.310. The van der Waals surface area contributed by atoms with Crippen LogP contribution in [0.5, 0.6) is 5.75 Å². The first-order valence-corrected chi connectivity index (χ1v) is 10.0. The summed E-state index contributed by atoms with van der Waals surface area (Å²) in [6.07, 6.45) is 1.70. The fourth-order valence-electron chi connectivity index (χ4n) is 2.58. The minimum Gasteiger partial charge on any atom is -0.493 e. The van der Waals surface area contributed by atoms with Gasteiger partial charge in [-0.1, -0.05) is 48.2 Å². The van der Waals surface area contributed by atoms with E-state index in [0.717, 1.165) is 5.75 Å². The van der Waals surface area contributed by atoms with E-state index >= 15 is 0 Å². The topological polar surface area (TPSA) is 69.0 Å². The van der Waals surface area contributed by atoms with E-state index in [2.05, 4.69) is 22.1 Å². The Morgan fingerprint density at radius 1 is 1.17 bits per heavy atom. The van der Waals surface area contributed by atoms with Gasteiger partial charge in [0.05, 0.1) is 18.7 Å². The third kappa shape index (κ3) is 5.92. The number of anilines is 1. The monoisotopic (exact) mass is 412 g/mol. The van der Waals surface area contributed by atoms with E-state index in [4.69, 9.17) is 4.74 Å². The van der Waals surface area contributed by atoms with Crippen molar-refractivity contribution >= 4 is 23.4 Å². The number of ether oxygens (including phenoxy) is 1. The van der Waals surface area contributed by atoms with Crippen LogP contribution < -0.4 is 10.1 Å². The number of rotatable bonds is 10. The van der Waals surface area contributed by atoms with Crippen LogP contribution in [0.15, 0.2) is 72.4 Å². The Morgan fingerprint density at radius 2 is 1.93 bits per heavy atom. The number of hydrogen-bond acceptors (Lipinski definition) is 5. The molecular weight excluding hydrogens is 391 g/mol. The van der Waals surface area contributed by atoms with E-state index in [1.54, 1.807) is 18.2 Å². The molecular formula is C21H21FN4O2S. The number of nitrogens with zero attached hydrogens (tertiary/aromatic N) is 3.